The molecule has 1 aliphatic heterocycles. The summed E-state index contributed by atoms with van der Waals surface area (Å²) in [4.78, 5) is 13.9. The molecule has 0 spiro atoms. The Hall–Kier alpha value is -1.13. The maximum atomic E-state index is 12.1. The second-order valence-electron chi connectivity index (χ2n) is 5.01. The van der Waals surface area contributed by atoms with E-state index >= 15 is 0 Å². The van der Waals surface area contributed by atoms with Crippen LogP contribution in [0.4, 0.5) is 0 Å². The number of nitrogens with zero attached hydrogens (tertiary/aromatic N) is 1. The molecular formula is C15H18BrNO2. The number of piperidine rings is 1. The summed E-state index contributed by atoms with van der Waals surface area (Å²) >= 11 is 3.40. The summed E-state index contributed by atoms with van der Waals surface area (Å²) in [5.41, 5.74) is 0.993. The molecule has 2 unspecified atom stereocenters. The van der Waals surface area contributed by atoms with Crippen LogP contribution in [0.5, 0.6) is 0 Å². The van der Waals surface area contributed by atoms with E-state index in [-0.39, 0.29) is 17.9 Å². The molecule has 0 bridgehead atoms. The van der Waals surface area contributed by atoms with Crippen molar-refractivity contribution in [2.75, 3.05) is 13.1 Å². The van der Waals surface area contributed by atoms with Gasteiger partial charge in [-0.2, -0.15) is 0 Å². The number of carbonyl (C=O) groups excluding carboxylic acids is 1. The normalized spacial score (nSPS) is 23.8. The summed E-state index contributed by atoms with van der Waals surface area (Å²) in [6.07, 6.45) is 3.81. The van der Waals surface area contributed by atoms with E-state index in [1.165, 1.54) is 0 Å². The van der Waals surface area contributed by atoms with Gasteiger partial charge in [0.25, 0.3) is 0 Å². The highest BCUT2D eigenvalue weighted by Crippen LogP contribution is 2.17. The molecule has 1 heterocycles. The minimum Gasteiger partial charge on any atom is -0.393 e. The van der Waals surface area contributed by atoms with E-state index in [0.717, 1.165) is 10.0 Å². The predicted molar refractivity (Wildman–Crippen MR) is 79.5 cm³/mol. The van der Waals surface area contributed by atoms with Gasteiger partial charge in [0.2, 0.25) is 5.91 Å². The van der Waals surface area contributed by atoms with Gasteiger partial charge in [0.05, 0.1) is 6.10 Å². The third-order valence-corrected chi connectivity index (χ3v) is 3.93. The van der Waals surface area contributed by atoms with Crippen molar-refractivity contribution in [2.24, 2.45) is 5.92 Å². The lowest BCUT2D eigenvalue weighted by Gasteiger charge is -2.33. The summed E-state index contributed by atoms with van der Waals surface area (Å²) in [5, 5.41) is 9.65. The molecule has 2 atom stereocenters. The van der Waals surface area contributed by atoms with Crippen molar-refractivity contribution in [1.29, 1.82) is 0 Å². The molecule has 0 aromatic heterocycles. The molecule has 1 N–H and O–H groups in total. The number of hydrogen-bond donors (Lipinski definition) is 1. The summed E-state index contributed by atoms with van der Waals surface area (Å²) < 4.78 is 0.997. The number of aliphatic hydroxyl groups is 1. The molecule has 1 aliphatic rings. The second kappa shape index (κ2) is 6.35. The van der Waals surface area contributed by atoms with Gasteiger partial charge < -0.3 is 10.0 Å². The van der Waals surface area contributed by atoms with E-state index in [4.69, 9.17) is 0 Å². The summed E-state index contributed by atoms with van der Waals surface area (Å²) in [7, 11) is 0. The first-order chi connectivity index (χ1) is 9.06. The number of halogens is 1. The first kappa shape index (κ1) is 14.3. The summed E-state index contributed by atoms with van der Waals surface area (Å²) in [6, 6.07) is 7.81. The number of carbonyl (C=O) groups is 1. The maximum Gasteiger partial charge on any atom is 0.246 e. The van der Waals surface area contributed by atoms with Crippen molar-refractivity contribution < 1.29 is 9.90 Å². The van der Waals surface area contributed by atoms with Crippen LogP contribution >= 0.6 is 15.9 Å². The molecule has 1 fully saturated rings. The van der Waals surface area contributed by atoms with Crippen molar-refractivity contribution in [3.8, 4) is 0 Å². The van der Waals surface area contributed by atoms with Gasteiger partial charge >= 0.3 is 0 Å². The minimum absolute atomic E-state index is 0.0127. The van der Waals surface area contributed by atoms with E-state index in [1.54, 1.807) is 11.0 Å². The average Bonchev–Trinajstić information content (AvgIpc) is 2.39. The van der Waals surface area contributed by atoms with Crippen molar-refractivity contribution >= 4 is 27.9 Å². The lowest BCUT2D eigenvalue weighted by atomic mass is 9.97. The molecule has 0 aliphatic carbocycles. The zero-order valence-electron chi connectivity index (χ0n) is 10.9. The van der Waals surface area contributed by atoms with Gasteiger partial charge in [-0.3, -0.25) is 4.79 Å². The Morgan fingerprint density at radius 2 is 2.32 bits per heavy atom. The Balaban J connectivity index is 1.97. The van der Waals surface area contributed by atoms with Gasteiger partial charge in [0, 0.05) is 23.6 Å². The lowest BCUT2D eigenvalue weighted by molar-refractivity contribution is -0.129. The van der Waals surface area contributed by atoms with Crippen LogP contribution in [0.15, 0.2) is 34.8 Å². The standard InChI is InChI=1S/C15H18BrNO2/c1-11-10-17(8-7-14(11)18)15(19)6-5-12-3-2-4-13(16)9-12/h2-6,9,11,14,18H,7-8,10H2,1H3/b6-5+. The van der Waals surface area contributed by atoms with Crippen molar-refractivity contribution in [3.05, 3.63) is 40.4 Å². The van der Waals surface area contributed by atoms with Gasteiger partial charge in [0.15, 0.2) is 0 Å². The third kappa shape index (κ3) is 3.91. The molecule has 1 aromatic carbocycles. The largest absolute Gasteiger partial charge is 0.393 e. The molecule has 4 heteroatoms. The molecule has 0 radical (unpaired) electrons. The average molecular weight is 324 g/mol. The van der Waals surface area contributed by atoms with Gasteiger partial charge in [0.1, 0.15) is 0 Å². The van der Waals surface area contributed by atoms with Crippen molar-refractivity contribution in [1.82, 2.24) is 4.90 Å². The van der Waals surface area contributed by atoms with Gasteiger partial charge in [-0.15, -0.1) is 0 Å². The number of benzene rings is 1. The van der Waals surface area contributed by atoms with E-state index in [1.807, 2.05) is 37.3 Å². The van der Waals surface area contributed by atoms with E-state index in [2.05, 4.69) is 15.9 Å². The molecule has 19 heavy (non-hydrogen) atoms. The van der Waals surface area contributed by atoms with Crippen LogP contribution in [0.3, 0.4) is 0 Å². The Morgan fingerprint density at radius 1 is 1.53 bits per heavy atom. The molecule has 1 saturated heterocycles. The highest BCUT2D eigenvalue weighted by molar-refractivity contribution is 9.10. The van der Waals surface area contributed by atoms with Gasteiger partial charge in [-0.05, 0) is 36.1 Å². The van der Waals surface area contributed by atoms with Crippen molar-refractivity contribution in [3.63, 3.8) is 0 Å². The van der Waals surface area contributed by atoms with E-state index in [9.17, 15) is 9.90 Å². The highest BCUT2D eigenvalue weighted by atomic mass is 79.9. The number of likely N-dealkylation sites (tertiary alicyclic amines) is 1. The Labute approximate surface area is 122 Å². The molecule has 1 aromatic rings. The molecule has 1 amide bonds. The quantitative estimate of drug-likeness (QED) is 0.850. The molecular weight excluding hydrogens is 306 g/mol. The van der Waals surface area contributed by atoms with Crippen LogP contribution in [-0.4, -0.2) is 35.1 Å². The SMILES string of the molecule is CC1CN(C(=O)/C=C/c2cccc(Br)c2)CCC1O. The third-order valence-electron chi connectivity index (χ3n) is 3.44. The molecule has 102 valence electrons. The van der Waals surface area contributed by atoms with Gasteiger partial charge in [-0.25, -0.2) is 0 Å². The first-order valence-electron chi connectivity index (χ1n) is 6.47. The number of hydrogen-bond acceptors (Lipinski definition) is 2. The lowest BCUT2D eigenvalue weighted by Crippen LogP contribution is -2.44. The highest BCUT2D eigenvalue weighted by Gasteiger charge is 2.25. The predicted octanol–water partition coefficient (Wildman–Crippen LogP) is 2.69. The zero-order chi connectivity index (χ0) is 13.8. The molecule has 3 nitrogen and oxygen atoms in total. The fraction of sp³-hybridized carbons (Fsp3) is 0.400. The Morgan fingerprint density at radius 3 is 3.00 bits per heavy atom. The summed E-state index contributed by atoms with van der Waals surface area (Å²) in [5.74, 6) is 0.163. The van der Waals surface area contributed by atoms with Crippen molar-refractivity contribution in [2.45, 2.75) is 19.4 Å². The summed E-state index contributed by atoms with van der Waals surface area (Å²) in [6.45, 7) is 3.23. The smallest absolute Gasteiger partial charge is 0.246 e. The Bertz CT molecular complexity index is 487. The molecule has 0 saturated carbocycles. The zero-order valence-corrected chi connectivity index (χ0v) is 12.5. The van der Waals surface area contributed by atoms with Crippen LogP contribution in [0, 0.1) is 5.92 Å². The number of aliphatic hydroxyl groups excluding tert-OH is 1. The first-order valence-corrected chi connectivity index (χ1v) is 7.26. The monoisotopic (exact) mass is 323 g/mol. The van der Waals surface area contributed by atoms with Gasteiger partial charge in [-0.1, -0.05) is 35.0 Å². The minimum atomic E-state index is -0.280. The second-order valence-corrected chi connectivity index (χ2v) is 5.92. The van der Waals surface area contributed by atoms with Crippen LogP contribution in [0.2, 0.25) is 0 Å². The Kier molecular flexibility index (Phi) is 4.77. The topological polar surface area (TPSA) is 40.5 Å². The fourth-order valence-corrected chi connectivity index (χ4v) is 2.63. The number of rotatable bonds is 2. The van der Waals surface area contributed by atoms with Crippen LogP contribution < -0.4 is 0 Å². The fourth-order valence-electron chi connectivity index (χ4n) is 2.22. The molecule has 2 rings (SSSR count). The maximum absolute atomic E-state index is 12.1. The van der Waals surface area contributed by atoms with Crippen LogP contribution in [0.25, 0.3) is 6.08 Å². The van der Waals surface area contributed by atoms with E-state index < -0.39 is 0 Å². The van der Waals surface area contributed by atoms with Crippen LogP contribution in [-0.2, 0) is 4.79 Å². The van der Waals surface area contributed by atoms with E-state index in [0.29, 0.717) is 19.5 Å². The van der Waals surface area contributed by atoms with Crippen LogP contribution in [0.1, 0.15) is 18.9 Å². The number of amides is 1.